The number of thiol groups is 1. The third-order valence-electron chi connectivity index (χ3n) is 4.95. The Kier molecular flexibility index (Phi) is 7.57. The van der Waals surface area contributed by atoms with E-state index in [-0.39, 0.29) is 0 Å². The number of nitrogens with one attached hydrogen (secondary N) is 2. The Labute approximate surface area is 198 Å². The smallest absolute Gasteiger partial charge is 0.229 e. The Morgan fingerprint density at radius 1 is 1.12 bits per heavy atom. The van der Waals surface area contributed by atoms with Crippen molar-refractivity contribution < 1.29 is 9.47 Å². The van der Waals surface area contributed by atoms with Gasteiger partial charge in [-0.2, -0.15) is 4.98 Å². The molecule has 0 atom stereocenters. The van der Waals surface area contributed by atoms with Gasteiger partial charge in [0, 0.05) is 29.7 Å². The van der Waals surface area contributed by atoms with Crippen molar-refractivity contribution >= 4 is 53.1 Å². The molecule has 0 amide bonds. The van der Waals surface area contributed by atoms with Gasteiger partial charge in [0.25, 0.3) is 0 Å². The Hall–Kier alpha value is -2.68. The number of ether oxygens (including phenoxy) is 2. The molecule has 2 aromatic carbocycles. The highest BCUT2D eigenvalue weighted by molar-refractivity contribution is 7.80. The number of hydrogen-bond donors (Lipinski definition) is 3. The van der Waals surface area contributed by atoms with Crippen molar-refractivity contribution in [3.05, 3.63) is 53.7 Å². The minimum Gasteiger partial charge on any atom is -0.491 e. The second-order valence-electron chi connectivity index (χ2n) is 7.29. The van der Waals surface area contributed by atoms with Crippen LogP contribution < -0.4 is 20.3 Å². The van der Waals surface area contributed by atoms with Crippen molar-refractivity contribution in [2.75, 3.05) is 48.4 Å². The molecular weight excluding hydrogens is 446 g/mol. The van der Waals surface area contributed by atoms with Gasteiger partial charge in [-0.1, -0.05) is 30.7 Å². The minimum atomic E-state index is 0.411. The summed E-state index contributed by atoms with van der Waals surface area (Å²) in [6.07, 6.45) is 2.48. The molecule has 4 rings (SSSR count). The summed E-state index contributed by atoms with van der Waals surface area (Å²) in [5, 5.41) is 6.90. The van der Waals surface area contributed by atoms with Gasteiger partial charge in [-0.25, -0.2) is 4.98 Å². The summed E-state index contributed by atoms with van der Waals surface area (Å²) >= 11 is 10.8. The molecule has 0 aliphatic carbocycles. The number of aromatic nitrogens is 2. The number of nitrogens with zero attached hydrogens (tertiary/aromatic N) is 3. The van der Waals surface area contributed by atoms with E-state index in [1.807, 2.05) is 30.3 Å². The molecule has 1 fully saturated rings. The molecule has 1 saturated heterocycles. The zero-order chi connectivity index (χ0) is 22.3. The van der Waals surface area contributed by atoms with Crippen LogP contribution in [0.5, 0.6) is 5.75 Å². The van der Waals surface area contributed by atoms with Gasteiger partial charge in [-0.3, -0.25) is 0 Å². The molecule has 1 aromatic heterocycles. The van der Waals surface area contributed by atoms with Crippen LogP contribution in [-0.4, -0.2) is 42.9 Å². The maximum absolute atomic E-state index is 6.33. The van der Waals surface area contributed by atoms with Gasteiger partial charge < -0.3 is 25.0 Å². The van der Waals surface area contributed by atoms with Crippen molar-refractivity contribution in [3.63, 3.8) is 0 Å². The molecule has 0 spiro atoms. The molecule has 9 heteroatoms. The highest BCUT2D eigenvalue weighted by atomic mass is 35.5. The van der Waals surface area contributed by atoms with E-state index in [2.05, 4.69) is 57.2 Å². The van der Waals surface area contributed by atoms with Gasteiger partial charge in [0.2, 0.25) is 5.95 Å². The van der Waals surface area contributed by atoms with Crippen molar-refractivity contribution in [1.29, 1.82) is 0 Å². The van der Waals surface area contributed by atoms with Crippen molar-refractivity contribution in [2.24, 2.45) is 0 Å². The van der Waals surface area contributed by atoms with Gasteiger partial charge in [-0.15, -0.1) is 12.6 Å². The molecule has 3 aromatic rings. The fraction of sp³-hybridized carbons (Fsp3) is 0.304. The van der Waals surface area contributed by atoms with E-state index in [1.165, 1.54) is 0 Å². The largest absolute Gasteiger partial charge is 0.491 e. The van der Waals surface area contributed by atoms with Crippen LogP contribution >= 0.6 is 24.2 Å². The van der Waals surface area contributed by atoms with Crippen LogP contribution in [0.25, 0.3) is 0 Å². The predicted octanol–water partition coefficient (Wildman–Crippen LogP) is 5.53. The lowest BCUT2D eigenvalue weighted by molar-refractivity contribution is 0.122. The van der Waals surface area contributed by atoms with Gasteiger partial charge >= 0.3 is 0 Å². The maximum atomic E-state index is 6.33. The lowest BCUT2D eigenvalue weighted by Crippen LogP contribution is -2.36. The summed E-state index contributed by atoms with van der Waals surface area (Å²) in [7, 11) is 0. The number of hydrogen-bond acceptors (Lipinski definition) is 8. The average Bonchev–Trinajstić information content (AvgIpc) is 2.82. The van der Waals surface area contributed by atoms with Crippen LogP contribution in [0, 0.1) is 0 Å². The molecule has 0 saturated carbocycles. The lowest BCUT2D eigenvalue weighted by Gasteiger charge is -2.29. The highest BCUT2D eigenvalue weighted by Crippen LogP contribution is 2.33. The second-order valence-corrected chi connectivity index (χ2v) is 8.17. The minimum absolute atomic E-state index is 0.411. The van der Waals surface area contributed by atoms with Crippen molar-refractivity contribution in [2.45, 2.75) is 18.2 Å². The second kappa shape index (κ2) is 10.8. The molecule has 0 bridgehead atoms. The van der Waals surface area contributed by atoms with Crippen LogP contribution in [0.15, 0.2) is 53.6 Å². The number of para-hydroxylation sites is 1. The Morgan fingerprint density at radius 2 is 1.94 bits per heavy atom. The topological polar surface area (TPSA) is 71.5 Å². The summed E-state index contributed by atoms with van der Waals surface area (Å²) in [6.45, 7) is 5.89. The highest BCUT2D eigenvalue weighted by Gasteiger charge is 2.15. The zero-order valence-electron chi connectivity index (χ0n) is 17.8. The van der Waals surface area contributed by atoms with E-state index in [9.17, 15) is 0 Å². The van der Waals surface area contributed by atoms with E-state index in [4.69, 9.17) is 21.1 Å². The van der Waals surface area contributed by atoms with Crippen LogP contribution in [0.2, 0.25) is 5.02 Å². The quantitative estimate of drug-likeness (QED) is 0.373. The molecule has 168 valence electrons. The SMILES string of the molecule is CCCOc1cc(N2CCOCC2)ccc1Nc1ncc(Cl)c(Nc2ccccc2S)n1. The zero-order valence-corrected chi connectivity index (χ0v) is 19.5. The predicted molar refractivity (Wildman–Crippen MR) is 133 cm³/mol. The Bertz CT molecular complexity index is 1060. The lowest BCUT2D eigenvalue weighted by atomic mass is 10.2. The molecule has 0 radical (unpaired) electrons. The normalized spacial score (nSPS) is 13.7. The van der Waals surface area contributed by atoms with E-state index in [0.29, 0.717) is 23.4 Å². The first-order valence-corrected chi connectivity index (χ1v) is 11.4. The van der Waals surface area contributed by atoms with Crippen molar-refractivity contribution in [3.8, 4) is 5.75 Å². The summed E-state index contributed by atoms with van der Waals surface area (Å²) in [4.78, 5) is 12.0. The number of benzene rings is 2. The Morgan fingerprint density at radius 3 is 2.72 bits per heavy atom. The van der Waals surface area contributed by atoms with Crippen LogP contribution in [0.4, 0.5) is 28.8 Å². The van der Waals surface area contributed by atoms with Gasteiger partial charge in [0.1, 0.15) is 10.8 Å². The standard InChI is InChI=1S/C23H26ClN5O2S/c1-2-11-31-20-14-16(29-9-12-30-13-10-29)7-8-18(20)27-23-25-15-17(24)22(28-23)26-19-5-3-4-6-21(19)32/h3-8,14-15,32H,2,9-13H2,1H3,(H2,25,26,27,28). The number of rotatable bonds is 8. The molecule has 32 heavy (non-hydrogen) atoms. The van der Waals surface area contributed by atoms with Crippen LogP contribution in [0.3, 0.4) is 0 Å². The summed E-state index contributed by atoms with van der Waals surface area (Å²) < 4.78 is 11.5. The first-order chi connectivity index (χ1) is 15.6. The van der Waals surface area contributed by atoms with E-state index < -0.39 is 0 Å². The molecule has 1 aliphatic rings. The third kappa shape index (κ3) is 5.56. The van der Waals surface area contributed by atoms with Crippen LogP contribution in [-0.2, 0) is 4.74 Å². The monoisotopic (exact) mass is 471 g/mol. The Balaban J connectivity index is 1.57. The van der Waals surface area contributed by atoms with Gasteiger partial charge in [0.15, 0.2) is 5.82 Å². The summed E-state index contributed by atoms with van der Waals surface area (Å²) in [6, 6.07) is 13.8. The molecule has 2 N–H and O–H groups in total. The number of morpholine rings is 1. The van der Waals surface area contributed by atoms with Crippen LogP contribution in [0.1, 0.15) is 13.3 Å². The molecule has 0 unspecified atom stereocenters. The summed E-state index contributed by atoms with van der Waals surface area (Å²) in [5.41, 5.74) is 2.71. The third-order valence-corrected chi connectivity index (χ3v) is 5.62. The molecule has 7 nitrogen and oxygen atoms in total. The first-order valence-electron chi connectivity index (χ1n) is 10.6. The first kappa shape index (κ1) is 22.5. The van der Waals surface area contributed by atoms with E-state index in [0.717, 1.165) is 60.4 Å². The van der Waals surface area contributed by atoms with Gasteiger partial charge in [0.05, 0.1) is 37.4 Å². The molecular formula is C23H26ClN5O2S. The average molecular weight is 472 g/mol. The van der Waals surface area contributed by atoms with E-state index in [1.54, 1.807) is 6.20 Å². The summed E-state index contributed by atoms with van der Waals surface area (Å²) in [5.74, 6) is 1.66. The van der Waals surface area contributed by atoms with E-state index >= 15 is 0 Å². The maximum Gasteiger partial charge on any atom is 0.229 e. The fourth-order valence-electron chi connectivity index (χ4n) is 3.31. The number of halogens is 1. The molecule has 2 heterocycles. The fourth-order valence-corrected chi connectivity index (χ4v) is 3.66. The van der Waals surface area contributed by atoms with Gasteiger partial charge in [-0.05, 0) is 30.7 Å². The van der Waals surface area contributed by atoms with Crippen molar-refractivity contribution in [1.82, 2.24) is 9.97 Å². The number of anilines is 5. The molecule has 1 aliphatic heterocycles.